The zero-order valence-electron chi connectivity index (χ0n) is 12.2. The molecule has 4 nitrogen and oxygen atoms in total. The van der Waals surface area contributed by atoms with Crippen molar-refractivity contribution in [2.24, 2.45) is 0 Å². The molecule has 0 saturated carbocycles. The molecule has 20 heavy (non-hydrogen) atoms. The SMILES string of the molecule is CCCc1nc(CCN2CCCC2)sc1CCC(=O)O. The number of hydrogen-bond donors (Lipinski definition) is 1. The summed E-state index contributed by atoms with van der Waals surface area (Å²) in [6, 6.07) is 0. The van der Waals surface area contributed by atoms with Crippen LogP contribution in [0.2, 0.25) is 0 Å². The van der Waals surface area contributed by atoms with Crippen LogP contribution in [0.4, 0.5) is 0 Å². The van der Waals surface area contributed by atoms with Crippen molar-refractivity contribution in [1.29, 1.82) is 0 Å². The van der Waals surface area contributed by atoms with Crippen molar-refractivity contribution in [2.75, 3.05) is 19.6 Å². The van der Waals surface area contributed by atoms with Crippen LogP contribution in [-0.4, -0.2) is 40.6 Å². The first-order valence-corrected chi connectivity index (χ1v) is 8.42. The lowest BCUT2D eigenvalue weighted by atomic mass is 10.2. The Morgan fingerprint density at radius 1 is 1.30 bits per heavy atom. The molecule has 0 aliphatic carbocycles. The number of rotatable bonds is 8. The molecule has 2 rings (SSSR count). The molecule has 2 heterocycles. The first-order chi connectivity index (χ1) is 9.69. The van der Waals surface area contributed by atoms with Gasteiger partial charge in [-0.15, -0.1) is 11.3 Å². The molecule has 1 fully saturated rings. The summed E-state index contributed by atoms with van der Waals surface area (Å²) in [4.78, 5) is 19.1. The van der Waals surface area contributed by atoms with Crippen molar-refractivity contribution in [3.05, 3.63) is 15.6 Å². The second-order valence-corrected chi connectivity index (χ2v) is 6.59. The molecule has 0 radical (unpaired) electrons. The van der Waals surface area contributed by atoms with Crippen LogP contribution in [0.1, 0.15) is 48.2 Å². The highest BCUT2D eigenvalue weighted by atomic mass is 32.1. The topological polar surface area (TPSA) is 53.4 Å². The highest BCUT2D eigenvalue weighted by Crippen LogP contribution is 2.23. The third-order valence-corrected chi connectivity index (χ3v) is 4.93. The Hall–Kier alpha value is -0.940. The average Bonchev–Trinajstić information content (AvgIpc) is 3.04. The number of carbonyl (C=O) groups is 1. The molecule has 1 saturated heterocycles. The summed E-state index contributed by atoms with van der Waals surface area (Å²) >= 11 is 1.72. The molecule has 0 spiro atoms. The molecule has 1 aromatic rings. The second-order valence-electron chi connectivity index (χ2n) is 5.42. The maximum absolute atomic E-state index is 10.7. The molecule has 1 aliphatic heterocycles. The first-order valence-electron chi connectivity index (χ1n) is 7.60. The van der Waals surface area contributed by atoms with Crippen LogP contribution in [0, 0.1) is 0 Å². The van der Waals surface area contributed by atoms with Crippen LogP contribution in [0.5, 0.6) is 0 Å². The molecular weight excluding hydrogens is 272 g/mol. The van der Waals surface area contributed by atoms with Crippen LogP contribution in [0.3, 0.4) is 0 Å². The number of thiazole rings is 1. The van der Waals surface area contributed by atoms with E-state index in [0.717, 1.165) is 31.5 Å². The van der Waals surface area contributed by atoms with Crippen molar-refractivity contribution in [2.45, 2.75) is 51.9 Å². The summed E-state index contributed by atoms with van der Waals surface area (Å²) in [5, 5.41) is 10.0. The maximum atomic E-state index is 10.7. The van der Waals surface area contributed by atoms with Gasteiger partial charge in [-0.3, -0.25) is 4.79 Å². The van der Waals surface area contributed by atoms with E-state index in [9.17, 15) is 4.79 Å². The standard InChI is InChI=1S/C15H24N2O2S/c1-2-5-12-13(6-7-15(18)19)20-14(16-12)8-11-17-9-3-4-10-17/h2-11H2,1H3,(H,18,19). The minimum absolute atomic E-state index is 0.213. The van der Waals surface area contributed by atoms with Gasteiger partial charge in [0.15, 0.2) is 0 Å². The van der Waals surface area contributed by atoms with Gasteiger partial charge >= 0.3 is 5.97 Å². The lowest BCUT2D eigenvalue weighted by Gasteiger charge is -2.12. The fraction of sp³-hybridized carbons (Fsp3) is 0.733. The Bertz CT molecular complexity index is 439. The zero-order chi connectivity index (χ0) is 14.4. The van der Waals surface area contributed by atoms with E-state index in [1.807, 2.05) is 0 Å². The van der Waals surface area contributed by atoms with E-state index in [4.69, 9.17) is 10.1 Å². The van der Waals surface area contributed by atoms with E-state index in [1.54, 1.807) is 11.3 Å². The Kier molecular flexibility index (Phi) is 5.98. The van der Waals surface area contributed by atoms with Crippen LogP contribution in [0.25, 0.3) is 0 Å². The number of aliphatic carboxylic acids is 1. The number of nitrogens with zero attached hydrogens (tertiary/aromatic N) is 2. The normalized spacial score (nSPS) is 15.8. The van der Waals surface area contributed by atoms with Gasteiger partial charge in [-0.05, 0) is 38.8 Å². The quantitative estimate of drug-likeness (QED) is 0.801. The third kappa shape index (κ3) is 4.56. The van der Waals surface area contributed by atoms with Crippen molar-refractivity contribution in [3.63, 3.8) is 0 Å². The summed E-state index contributed by atoms with van der Waals surface area (Å²) in [6.07, 6.45) is 6.53. The van der Waals surface area contributed by atoms with Crippen LogP contribution < -0.4 is 0 Å². The average molecular weight is 296 g/mol. The highest BCUT2D eigenvalue weighted by molar-refractivity contribution is 7.11. The third-order valence-electron chi connectivity index (χ3n) is 3.72. The number of hydrogen-bond acceptors (Lipinski definition) is 4. The van der Waals surface area contributed by atoms with Crippen molar-refractivity contribution in [3.8, 4) is 0 Å². The number of likely N-dealkylation sites (tertiary alicyclic amines) is 1. The van der Waals surface area contributed by atoms with Gasteiger partial charge in [-0.1, -0.05) is 13.3 Å². The van der Waals surface area contributed by atoms with Gasteiger partial charge in [0.2, 0.25) is 0 Å². The Balaban J connectivity index is 1.93. The Morgan fingerprint density at radius 3 is 2.70 bits per heavy atom. The highest BCUT2D eigenvalue weighted by Gasteiger charge is 2.15. The van der Waals surface area contributed by atoms with Crippen molar-refractivity contribution in [1.82, 2.24) is 9.88 Å². The van der Waals surface area contributed by atoms with Crippen molar-refractivity contribution < 1.29 is 9.90 Å². The largest absolute Gasteiger partial charge is 0.481 e. The van der Waals surface area contributed by atoms with Crippen LogP contribution in [-0.2, 0) is 24.1 Å². The van der Waals surface area contributed by atoms with Gasteiger partial charge in [0.05, 0.1) is 17.1 Å². The summed E-state index contributed by atoms with van der Waals surface area (Å²) < 4.78 is 0. The minimum atomic E-state index is -0.723. The summed E-state index contributed by atoms with van der Waals surface area (Å²) in [5.74, 6) is -0.723. The van der Waals surface area contributed by atoms with E-state index in [0.29, 0.717) is 6.42 Å². The van der Waals surface area contributed by atoms with E-state index >= 15 is 0 Å². The molecule has 1 N–H and O–H groups in total. The van der Waals surface area contributed by atoms with Crippen LogP contribution >= 0.6 is 11.3 Å². The van der Waals surface area contributed by atoms with Crippen molar-refractivity contribution >= 4 is 17.3 Å². The van der Waals surface area contributed by atoms with E-state index in [2.05, 4.69) is 11.8 Å². The molecule has 5 heteroatoms. The van der Waals surface area contributed by atoms with Crippen LogP contribution in [0.15, 0.2) is 0 Å². The lowest BCUT2D eigenvalue weighted by molar-refractivity contribution is -0.136. The molecule has 1 aliphatic rings. The van der Waals surface area contributed by atoms with Gasteiger partial charge in [0.25, 0.3) is 0 Å². The molecule has 0 aromatic carbocycles. The maximum Gasteiger partial charge on any atom is 0.303 e. The molecule has 0 unspecified atom stereocenters. The molecule has 0 atom stereocenters. The number of carboxylic acid groups (broad SMARTS) is 1. The fourth-order valence-electron chi connectivity index (χ4n) is 2.65. The fourth-order valence-corrected chi connectivity index (χ4v) is 3.75. The summed E-state index contributed by atoms with van der Waals surface area (Å²) in [6.45, 7) is 5.68. The lowest BCUT2D eigenvalue weighted by Crippen LogP contribution is -2.21. The predicted molar refractivity (Wildman–Crippen MR) is 81.4 cm³/mol. The van der Waals surface area contributed by atoms with Gasteiger partial charge in [0, 0.05) is 17.8 Å². The molecule has 0 bridgehead atoms. The first kappa shape index (κ1) is 15.4. The molecular formula is C15H24N2O2S. The Morgan fingerprint density at radius 2 is 2.05 bits per heavy atom. The molecule has 1 aromatic heterocycles. The minimum Gasteiger partial charge on any atom is -0.481 e. The van der Waals surface area contributed by atoms with E-state index in [-0.39, 0.29) is 6.42 Å². The predicted octanol–water partition coefficient (Wildman–Crippen LogP) is 2.75. The number of carboxylic acids is 1. The van der Waals surface area contributed by atoms with E-state index in [1.165, 1.54) is 35.8 Å². The number of aromatic nitrogens is 1. The Labute approximate surface area is 124 Å². The summed E-state index contributed by atoms with van der Waals surface area (Å²) in [5.41, 5.74) is 1.13. The smallest absolute Gasteiger partial charge is 0.303 e. The second kappa shape index (κ2) is 7.74. The summed E-state index contributed by atoms with van der Waals surface area (Å²) in [7, 11) is 0. The molecule has 112 valence electrons. The number of aryl methyl sites for hydroxylation is 2. The van der Waals surface area contributed by atoms with E-state index < -0.39 is 5.97 Å². The molecule has 0 amide bonds. The van der Waals surface area contributed by atoms with Gasteiger partial charge < -0.3 is 10.0 Å². The van der Waals surface area contributed by atoms with Gasteiger partial charge in [0.1, 0.15) is 0 Å². The zero-order valence-corrected chi connectivity index (χ0v) is 13.0. The monoisotopic (exact) mass is 296 g/mol. The van der Waals surface area contributed by atoms with Gasteiger partial charge in [-0.25, -0.2) is 4.98 Å². The van der Waals surface area contributed by atoms with Gasteiger partial charge in [-0.2, -0.15) is 0 Å².